The molecule has 5 nitrogen and oxygen atoms in total. The van der Waals surface area contributed by atoms with Gasteiger partial charge in [0.25, 0.3) is 0 Å². The average Bonchev–Trinajstić information content (AvgIpc) is 2.40. The van der Waals surface area contributed by atoms with Gasteiger partial charge in [0, 0.05) is 12.5 Å². The monoisotopic (exact) mass is 272 g/mol. The molecule has 19 heavy (non-hydrogen) atoms. The predicted molar refractivity (Wildman–Crippen MR) is 75.6 cm³/mol. The zero-order valence-corrected chi connectivity index (χ0v) is 12.4. The third-order valence-corrected chi connectivity index (χ3v) is 3.27. The molecule has 0 unspecified atom stereocenters. The molecule has 0 aromatic carbocycles. The molecule has 0 fully saturated rings. The average molecular weight is 272 g/mol. The Labute approximate surface area is 116 Å². The van der Waals surface area contributed by atoms with Crippen molar-refractivity contribution < 1.29 is 14.3 Å². The van der Waals surface area contributed by atoms with Crippen molar-refractivity contribution >= 4 is 11.9 Å². The lowest BCUT2D eigenvalue weighted by molar-refractivity contribution is -0.140. The molecule has 0 saturated heterocycles. The van der Waals surface area contributed by atoms with Crippen molar-refractivity contribution in [3.63, 3.8) is 0 Å². The fourth-order valence-electron chi connectivity index (χ4n) is 2.03. The number of nitrogens with two attached hydrogens (primary N) is 1. The van der Waals surface area contributed by atoms with E-state index in [0.717, 1.165) is 25.7 Å². The fourth-order valence-corrected chi connectivity index (χ4v) is 2.03. The highest BCUT2D eigenvalue weighted by Crippen LogP contribution is 2.11. The van der Waals surface area contributed by atoms with Crippen LogP contribution in [0.2, 0.25) is 0 Å². The van der Waals surface area contributed by atoms with E-state index in [-0.39, 0.29) is 24.0 Å². The summed E-state index contributed by atoms with van der Waals surface area (Å²) in [5.74, 6) is -0.546. The number of amides is 1. The Morgan fingerprint density at radius 2 is 1.89 bits per heavy atom. The van der Waals surface area contributed by atoms with Gasteiger partial charge in [0.2, 0.25) is 5.91 Å². The molecule has 1 amide bonds. The lowest BCUT2D eigenvalue weighted by Crippen LogP contribution is -2.46. The number of hydrogen-bond acceptors (Lipinski definition) is 4. The molecular weight excluding hydrogens is 244 g/mol. The number of nitrogens with one attached hydrogen (secondary N) is 1. The Bertz CT molecular complexity index is 269. The molecule has 0 aromatic rings. The summed E-state index contributed by atoms with van der Waals surface area (Å²) in [5, 5.41) is 3.26. The lowest BCUT2D eigenvalue weighted by Gasteiger charge is -2.23. The van der Waals surface area contributed by atoms with E-state index in [1.807, 2.05) is 6.92 Å². The first-order valence-corrected chi connectivity index (χ1v) is 7.17. The van der Waals surface area contributed by atoms with Crippen molar-refractivity contribution in [3.05, 3.63) is 0 Å². The second kappa shape index (κ2) is 10.8. The van der Waals surface area contributed by atoms with Crippen molar-refractivity contribution in [2.45, 2.75) is 70.9 Å². The van der Waals surface area contributed by atoms with Crippen LogP contribution >= 0.6 is 0 Å². The number of esters is 1. The lowest BCUT2D eigenvalue weighted by atomic mass is 10.0. The normalized spacial score (nSPS) is 13.8. The van der Waals surface area contributed by atoms with Crippen LogP contribution in [-0.2, 0) is 14.3 Å². The van der Waals surface area contributed by atoms with Crippen molar-refractivity contribution in [2.24, 2.45) is 5.73 Å². The van der Waals surface area contributed by atoms with Gasteiger partial charge in [-0.1, -0.05) is 33.1 Å². The largest absolute Gasteiger partial charge is 0.469 e. The van der Waals surface area contributed by atoms with Crippen molar-refractivity contribution in [1.82, 2.24) is 5.32 Å². The molecular formula is C14H28N2O3. The highest BCUT2D eigenvalue weighted by Gasteiger charge is 2.18. The first kappa shape index (κ1) is 17.9. The van der Waals surface area contributed by atoms with Gasteiger partial charge in [0.15, 0.2) is 0 Å². The molecule has 2 atom stereocenters. The van der Waals surface area contributed by atoms with Gasteiger partial charge in [-0.25, -0.2) is 0 Å². The molecule has 0 heterocycles. The van der Waals surface area contributed by atoms with Crippen molar-refractivity contribution in [3.8, 4) is 0 Å². The molecule has 0 aliphatic rings. The Morgan fingerprint density at radius 3 is 2.37 bits per heavy atom. The summed E-state index contributed by atoms with van der Waals surface area (Å²) in [5.41, 5.74) is 5.34. The fraction of sp³-hybridized carbons (Fsp3) is 0.857. The van der Waals surface area contributed by atoms with E-state index in [9.17, 15) is 9.59 Å². The minimum Gasteiger partial charge on any atom is -0.469 e. The van der Waals surface area contributed by atoms with Crippen molar-refractivity contribution in [2.75, 3.05) is 7.11 Å². The number of rotatable bonds is 11. The zero-order chi connectivity index (χ0) is 14.7. The minimum absolute atomic E-state index is 0.142. The van der Waals surface area contributed by atoms with E-state index in [2.05, 4.69) is 17.0 Å². The van der Waals surface area contributed by atoms with Gasteiger partial charge in [-0.2, -0.15) is 0 Å². The van der Waals surface area contributed by atoms with E-state index >= 15 is 0 Å². The zero-order valence-electron chi connectivity index (χ0n) is 12.4. The SMILES string of the molecule is CCCCC[C@@H](CCC(=O)OC)N[C@H](CC)C(N)=O. The van der Waals surface area contributed by atoms with E-state index < -0.39 is 0 Å². The van der Waals surface area contributed by atoms with E-state index in [1.165, 1.54) is 7.11 Å². The molecule has 0 aromatic heterocycles. The highest BCUT2D eigenvalue weighted by molar-refractivity contribution is 5.79. The molecule has 0 bridgehead atoms. The number of carbonyl (C=O) groups excluding carboxylic acids is 2. The van der Waals surface area contributed by atoms with Crippen LogP contribution < -0.4 is 11.1 Å². The van der Waals surface area contributed by atoms with Crippen molar-refractivity contribution in [1.29, 1.82) is 0 Å². The maximum Gasteiger partial charge on any atom is 0.305 e. The van der Waals surface area contributed by atoms with Crippen LogP contribution in [0.15, 0.2) is 0 Å². The molecule has 0 aliphatic heterocycles. The summed E-state index contributed by atoms with van der Waals surface area (Å²) in [6.07, 6.45) is 6.06. The number of unbranched alkanes of at least 4 members (excludes halogenated alkanes) is 2. The Morgan fingerprint density at radius 1 is 1.21 bits per heavy atom. The molecule has 0 aliphatic carbocycles. The predicted octanol–water partition coefficient (Wildman–Crippen LogP) is 1.74. The number of methoxy groups -OCH3 is 1. The summed E-state index contributed by atoms with van der Waals surface area (Å²) in [6, 6.07) is -0.174. The third kappa shape index (κ3) is 8.59. The number of primary amides is 1. The van der Waals surface area contributed by atoms with Crippen LogP contribution in [-0.4, -0.2) is 31.1 Å². The van der Waals surface area contributed by atoms with Gasteiger partial charge in [-0.05, 0) is 19.3 Å². The van der Waals surface area contributed by atoms with E-state index in [1.54, 1.807) is 0 Å². The molecule has 5 heteroatoms. The number of ether oxygens (including phenoxy) is 1. The van der Waals surface area contributed by atoms with Crippen LogP contribution in [0.25, 0.3) is 0 Å². The first-order chi connectivity index (χ1) is 9.04. The smallest absolute Gasteiger partial charge is 0.305 e. The van der Waals surface area contributed by atoms with Crippen LogP contribution in [0.1, 0.15) is 58.8 Å². The standard InChI is InChI=1S/C14H28N2O3/c1-4-6-7-8-11(9-10-13(17)19-3)16-12(5-2)14(15)18/h11-12,16H,4-10H2,1-3H3,(H2,15,18)/t11-,12+/m0/s1. The van der Waals surface area contributed by atoms with Crippen LogP contribution in [0.5, 0.6) is 0 Å². The van der Waals surface area contributed by atoms with Gasteiger partial charge >= 0.3 is 5.97 Å². The minimum atomic E-state index is -0.332. The maximum absolute atomic E-state index is 11.3. The summed E-state index contributed by atoms with van der Waals surface area (Å²) in [6.45, 7) is 4.07. The third-order valence-electron chi connectivity index (χ3n) is 3.27. The van der Waals surface area contributed by atoms with Crippen LogP contribution in [0.4, 0.5) is 0 Å². The highest BCUT2D eigenvalue weighted by atomic mass is 16.5. The van der Waals surface area contributed by atoms with Crippen LogP contribution in [0, 0.1) is 0 Å². The number of carbonyl (C=O) groups is 2. The van der Waals surface area contributed by atoms with Gasteiger partial charge in [0.05, 0.1) is 13.2 Å². The molecule has 3 N–H and O–H groups in total. The Balaban J connectivity index is 4.30. The quantitative estimate of drug-likeness (QED) is 0.443. The molecule has 112 valence electrons. The van der Waals surface area contributed by atoms with Gasteiger partial charge in [-0.15, -0.1) is 0 Å². The Kier molecular flexibility index (Phi) is 10.2. The van der Waals surface area contributed by atoms with E-state index in [0.29, 0.717) is 19.3 Å². The van der Waals surface area contributed by atoms with Gasteiger partial charge < -0.3 is 15.8 Å². The Hall–Kier alpha value is -1.10. The topological polar surface area (TPSA) is 81.4 Å². The summed E-state index contributed by atoms with van der Waals surface area (Å²) >= 11 is 0. The summed E-state index contributed by atoms with van der Waals surface area (Å²) in [7, 11) is 1.39. The molecule has 0 radical (unpaired) electrons. The molecule has 0 spiro atoms. The maximum atomic E-state index is 11.3. The number of hydrogen-bond donors (Lipinski definition) is 2. The first-order valence-electron chi connectivity index (χ1n) is 7.17. The summed E-state index contributed by atoms with van der Waals surface area (Å²) < 4.78 is 4.65. The van der Waals surface area contributed by atoms with E-state index in [4.69, 9.17) is 5.73 Å². The van der Waals surface area contributed by atoms with Gasteiger partial charge in [0.1, 0.15) is 0 Å². The molecule has 0 saturated carbocycles. The summed E-state index contributed by atoms with van der Waals surface area (Å²) in [4.78, 5) is 22.5. The molecule has 0 rings (SSSR count). The van der Waals surface area contributed by atoms with Crippen LogP contribution in [0.3, 0.4) is 0 Å². The second-order valence-electron chi connectivity index (χ2n) is 4.84. The van der Waals surface area contributed by atoms with Gasteiger partial charge in [-0.3, -0.25) is 9.59 Å². The second-order valence-corrected chi connectivity index (χ2v) is 4.84.